The zero-order valence-corrected chi connectivity index (χ0v) is 19.3. The van der Waals surface area contributed by atoms with Crippen molar-refractivity contribution >= 4 is 21.7 Å². The van der Waals surface area contributed by atoms with Crippen LogP contribution in [0.15, 0.2) is 59.6 Å². The summed E-state index contributed by atoms with van der Waals surface area (Å²) in [4.78, 5) is 6.73. The molecular formula is C23H33N5O2S. The molecule has 3 rings (SSSR count). The molecule has 1 fully saturated rings. The third-order valence-electron chi connectivity index (χ3n) is 5.13. The fourth-order valence-corrected chi connectivity index (χ4v) is 5.13. The monoisotopic (exact) mass is 443 g/mol. The number of anilines is 1. The van der Waals surface area contributed by atoms with E-state index in [9.17, 15) is 8.42 Å². The molecule has 7 nitrogen and oxygen atoms in total. The van der Waals surface area contributed by atoms with Crippen molar-refractivity contribution in [2.45, 2.75) is 44.6 Å². The summed E-state index contributed by atoms with van der Waals surface area (Å²) in [5.41, 5.74) is 3.09. The molecule has 1 heterocycles. The van der Waals surface area contributed by atoms with E-state index in [2.05, 4.69) is 49.5 Å². The summed E-state index contributed by atoms with van der Waals surface area (Å²) in [6.45, 7) is 6.22. The lowest BCUT2D eigenvalue weighted by molar-refractivity contribution is 0.569. The van der Waals surface area contributed by atoms with Gasteiger partial charge < -0.3 is 15.5 Å². The minimum Gasteiger partial charge on any atom is -0.369 e. The van der Waals surface area contributed by atoms with Crippen LogP contribution >= 0.6 is 0 Å². The summed E-state index contributed by atoms with van der Waals surface area (Å²) >= 11 is 0. The summed E-state index contributed by atoms with van der Waals surface area (Å²) in [6, 6.07) is 18.3. The maximum absolute atomic E-state index is 12.1. The minimum atomic E-state index is -3.31. The van der Waals surface area contributed by atoms with Gasteiger partial charge in [0.15, 0.2) is 5.96 Å². The molecule has 8 heteroatoms. The molecule has 2 aromatic rings. The summed E-state index contributed by atoms with van der Waals surface area (Å²) in [5.74, 6) is 0.759. The number of aliphatic imine (C=N–C) groups is 1. The molecule has 0 bridgehead atoms. The summed E-state index contributed by atoms with van der Waals surface area (Å²) in [5, 5.41) is 6.86. The Labute approximate surface area is 186 Å². The molecule has 0 spiro atoms. The number of guanidine groups is 1. The van der Waals surface area contributed by atoms with Crippen molar-refractivity contribution < 1.29 is 8.42 Å². The van der Waals surface area contributed by atoms with E-state index in [1.807, 2.05) is 44.2 Å². The van der Waals surface area contributed by atoms with E-state index >= 15 is 0 Å². The molecule has 1 aliphatic rings. The lowest BCUT2D eigenvalue weighted by Crippen LogP contribution is -2.44. The summed E-state index contributed by atoms with van der Waals surface area (Å²) in [7, 11) is -1.54. The molecule has 0 aromatic heterocycles. The van der Waals surface area contributed by atoms with Gasteiger partial charge in [0.05, 0.1) is 5.75 Å². The zero-order chi connectivity index (χ0) is 22.3. The Hall–Kier alpha value is -2.58. The van der Waals surface area contributed by atoms with Crippen LogP contribution in [0.3, 0.4) is 0 Å². The summed E-state index contributed by atoms with van der Waals surface area (Å²) in [6.07, 6.45) is 1.06. The fourth-order valence-electron chi connectivity index (χ4n) is 3.70. The molecule has 0 amide bonds. The van der Waals surface area contributed by atoms with Crippen molar-refractivity contribution in [3.8, 4) is 0 Å². The van der Waals surface area contributed by atoms with Crippen LogP contribution in [0.25, 0.3) is 0 Å². The van der Waals surface area contributed by atoms with Crippen molar-refractivity contribution in [2.24, 2.45) is 4.99 Å². The minimum absolute atomic E-state index is 0.0122. The zero-order valence-electron chi connectivity index (χ0n) is 18.5. The molecule has 3 N–H and O–H groups in total. The van der Waals surface area contributed by atoms with Gasteiger partial charge in [0.25, 0.3) is 0 Å². The maximum atomic E-state index is 12.1. The number of nitrogens with zero attached hydrogens (tertiary/aromatic N) is 2. The number of para-hydroxylation sites is 1. The van der Waals surface area contributed by atoms with E-state index in [0.717, 1.165) is 36.6 Å². The molecular weight excluding hydrogens is 410 g/mol. The van der Waals surface area contributed by atoms with E-state index in [0.29, 0.717) is 12.6 Å². The Balaban J connectivity index is 1.47. The molecule has 1 aliphatic heterocycles. The van der Waals surface area contributed by atoms with E-state index < -0.39 is 10.0 Å². The molecule has 168 valence electrons. The third-order valence-corrected chi connectivity index (χ3v) is 6.67. The number of hydrogen-bond donors (Lipinski definition) is 3. The SMILES string of the molecule is CN=C(NCc1ccc(CS(=O)(=O)NC(C)C)cc1)NC1CCN(c2ccccc2)C1. The molecule has 31 heavy (non-hydrogen) atoms. The lowest BCUT2D eigenvalue weighted by Gasteiger charge is -2.20. The van der Waals surface area contributed by atoms with Crippen molar-refractivity contribution in [1.82, 2.24) is 15.4 Å². The third kappa shape index (κ3) is 7.25. The van der Waals surface area contributed by atoms with Gasteiger partial charge in [-0.1, -0.05) is 42.5 Å². The number of sulfonamides is 1. The molecule has 0 radical (unpaired) electrons. The highest BCUT2D eigenvalue weighted by atomic mass is 32.2. The highest BCUT2D eigenvalue weighted by molar-refractivity contribution is 7.88. The highest BCUT2D eigenvalue weighted by Crippen LogP contribution is 2.19. The lowest BCUT2D eigenvalue weighted by atomic mass is 10.1. The Morgan fingerprint density at radius 2 is 1.77 bits per heavy atom. The van der Waals surface area contributed by atoms with Gasteiger partial charge in [-0.2, -0.15) is 0 Å². The first-order chi connectivity index (χ1) is 14.8. The van der Waals surface area contributed by atoms with Gasteiger partial charge in [0.1, 0.15) is 0 Å². The normalized spacial score (nSPS) is 17.2. The first-order valence-corrected chi connectivity index (χ1v) is 12.3. The second-order valence-electron chi connectivity index (χ2n) is 8.19. The van der Waals surface area contributed by atoms with Crippen LogP contribution in [0.4, 0.5) is 5.69 Å². The van der Waals surface area contributed by atoms with Crippen LogP contribution < -0.4 is 20.3 Å². The summed E-state index contributed by atoms with van der Waals surface area (Å²) < 4.78 is 26.8. The van der Waals surface area contributed by atoms with E-state index in [4.69, 9.17) is 0 Å². The Kier molecular flexibility index (Phi) is 7.92. The van der Waals surface area contributed by atoms with Crippen LogP contribution in [0.2, 0.25) is 0 Å². The van der Waals surface area contributed by atoms with E-state index in [1.54, 1.807) is 7.05 Å². The van der Waals surface area contributed by atoms with Gasteiger partial charge in [0, 0.05) is 44.5 Å². The number of hydrogen-bond acceptors (Lipinski definition) is 4. The smallest absolute Gasteiger partial charge is 0.216 e. The van der Waals surface area contributed by atoms with Gasteiger partial charge in [-0.15, -0.1) is 0 Å². The Morgan fingerprint density at radius 3 is 2.42 bits per heavy atom. The Bertz CT molecular complexity index is 959. The fraction of sp³-hybridized carbons (Fsp3) is 0.435. The number of benzene rings is 2. The maximum Gasteiger partial charge on any atom is 0.216 e. The molecule has 1 saturated heterocycles. The van der Waals surface area contributed by atoms with Crippen LogP contribution in [-0.2, 0) is 22.3 Å². The average Bonchev–Trinajstić information content (AvgIpc) is 3.20. The first-order valence-electron chi connectivity index (χ1n) is 10.7. The van der Waals surface area contributed by atoms with E-state index in [1.165, 1.54) is 5.69 Å². The van der Waals surface area contributed by atoms with Gasteiger partial charge >= 0.3 is 0 Å². The van der Waals surface area contributed by atoms with Gasteiger partial charge in [0.2, 0.25) is 10.0 Å². The van der Waals surface area contributed by atoms with Crippen molar-refractivity contribution in [1.29, 1.82) is 0 Å². The van der Waals surface area contributed by atoms with Crippen molar-refractivity contribution in [3.05, 3.63) is 65.7 Å². The first kappa shape index (κ1) is 23.1. The second-order valence-corrected chi connectivity index (χ2v) is 9.94. The highest BCUT2D eigenvalue weighted by Gasteiger charge is 2.23. The topological polar surface area (TPSA) is 85.8 Å². The molecule has 1 atom stereocenters. The van der Waals surface area contributed by atoms with Gasteiger partial charge in [-0.3, -0.25) is 4.99 Å². The molecule has 0 saturated carbocycles. The van der Waals surface area contributed by atoms with E-state index in [-0.39, 0.29) is 11.8 Å². The molecule has 2 aromatic carbocycles. The molecule has 0 aliphatic carbocycles. The standard InChI is InChI=1S/C23H33N5O2S/c1-18(2)27-31(29,30)17-20-11-9-19(10-12-20)15-25-23(24-3)26-21-13-14-28(16-21)22-7-5-4-6-8-22/h4-12,18,21,27H,13-17H2,1-3H3,(H2,24,25,26). The number of nitrogens with one attached hydrogen (secondary N) is 3. The van der Waals surface area contributed by atoms with Crippen molar-refractivity contribution in [3.63, 3.8) is 0 Å². The molecule has 1 unspecified atom stereocenters. The number of rotatable bonds is 8. The Morgan fingerprint density at radius 1 is 1.10 bits per heavy atom. The largest absolute Gasteiger partial charge is 0.369 e. The predicted molar refractivity (Wildman–Crippen MR) is 128 cm³/mol. The van der Waals surface area contributed by atoms with Crippen LogP contribution in [0, 0.1) is 0 Å². The average molecular weight is 444 g/mol. The van der Waals surface area contributed by atoms with Gasteiger partial charge in [-0.25, -0.2) is 13.1 Å². The van der Waals surface area contributed by atoms with Crippen LogP contribution in [0.5, 0.6) is 0 Å². The van der Waals surface area contributed by atoms with Gasteiger partial charge in [-0.05, 0) is 43.5 Å². The second kappa shape index (κ2) is 10.6. The predicted octanol–water partition coefficient (Wildman–Crippen LogP) is 2.46. The van der Waals surface area contributed by atoms with Crippen LogP contribution in [0.1, 0.15) is 31.4 Å². The quantitative estimate of drug-likeness (QED) is 0.431. The van der Waals surface area contributed by atoms with Crippen LogP contribution in [-0.4, -0.2) is 46.6 Å². The van der Waals surface area contributed by atoms with Crippen molar-refractivity contribution in [2.75, 3.05) is 25.0 Å².